The lowest BCUT2D eigenvalue weighted by molar-refractivity contribution is -0.00177. The number of ether oxygens (including phenoxy) is 1. The van der Waals surface area contributed by atoms with E-state index in [1.807, 2.05) is 12.1 Å². The van der Waals surface area contributed by atoms with Crippen LogP contribution >= 0.6 is 0 Å². The molecule has 0 aromatic carbocycles. The summed E-state index contributed by atoms with van der Waals surface area (Å²) in [5.41, 5.74) is 1.83. The van der Waals surface area contributed by atoms with Crippen LogP contribution in [0.2, 0.25) is 0 Å². The lowest BCUT2D eigenvalue weighted by Crippen LogP contribution is -2.42. The van der Waals surface area contributed by atoms with Crippen LogP contribution in [-0.2, 0) is 4.74 Å². The van der Waals surface area contributed by atoms with E-state index in [0.29, 0.717) is 47.7 Å². The maximum atomic E-state index is 14.2. The van der Waals surface area contributed by atoms with Crippen molar-refractivity contribution < 1.29 is 19.0 Å². The first-order valence-corrected chi connectivity index (χ1v) is 11.1. The van der Waals surface area contributed by atoms with Crippen LogP contribution in [0.1, 0.15) is 29.8 Å². The van der Waals surface area contributed by atoms with Crippen LogP contribution in [0, 0.1) is 23.2 Å². The SMILES string of the molecule is CC(C)(O)[C@H](F)CNC(=O)c1cnc(-c2ccc3cc(C#N)cnn23)cc1NC1[C@H]2COC[C@@H]12. The molecule has 1 aliphatic carbocycles. The lowest BCUT2D eigenvalue weighted by atomic mass is 10.0. The third-order valence-electron chi connectivity index (χ3n) is 6.52. The van der Waals surface area contributed by atoms with Crippen molar-refractivity contribution in [2.75, 3.05) is 25.1 Å². The molecule has 3 N–H and O–H groups in total. The first kappa shape index (κ1) is 22.3. The maximum Gasteiger partial charge on any atom is 0.255 e. The Balaban J connectivity index is 1.45. The summed E-state index contributed by atoms with van der Waals surface area (Å²) < 4.78 is 21.3. The zero-order valence-electron chi connectivity index (χ0n) is 18.8. The van der Waals surface area contributed by atoms with Crippen molar-refractivity contribution in [1.82, 2.24) is 19.9 Å². The molecular weight excluding hydrogens is 439 g/mol. The van der Waals surface area contributed by atoms with Gasteiger partial charge in [-0.15, -0.1) is 0 Å². The molecule has 0 spiro atoms. The quantitative estimate of drug-likeness (QED) is 0.489. The second-order valence-electron chi connectivity index (χ2n) is 9.39. The number of hydrogen-bond donors (Lipinski definition) is 3. The van der Waals surface area contributed by atoms with Gasteiger partial charge in [-0.2, -0.15) is 10.4 Å². The van der Waals surface area contributed by atoms with Gasteiger partial charge in [-0.05, 0) is 38.1 Å². The minimum Gasteiger partial charge on any atom is -0.387 e. The fraction of sp³-hybridized carbons (Fsp3) is 0.417. The van der Waals surface area contributed by atoms with E-state index in [1.165, 1.54) is 26.2 Å². The number of pyridine rings is 1. The van der Waals surface area contributed by atoms with E-state index in [1.54, 1.807) is 16.6 Å². The summed E-state index contributed by atoms with van der Waals surface area (Å²) in [6, 6.07) is 9.49. The molecule has 1 saturated carbocycles. The van der Waals surface area contributed by atoms with Crippen molar-refractivity contribution in [2.45, 2.75) is 31.7 Å². The van der Waals surface area contributed by atoms with Crippen LogP contribution in [0.15, 0.2) is 36.7 Å². The topological polar surface area (TPSA) is 125 Å². The number of fused-ring (bicyclic) bond motifs is 2. The summed E-state index contributed by atoms with van der Waals surface area (Å²) >= 11 is 0. The van der Waals surface area contributed by atoms with Gasteiger partial charge in [0, 0.05) is 24.1 Å². The molecule has 1 saturated heterocycles. The van der Waals surface area contributed by atoms with Gasteiger partial charge in [-0.3, -0.25) is 9.78 Å². The van der Waals surface area contributed by atoms with Crippen molar-refractivity contribution >= 4 is 17.1 Å². The predicted molar refractivity (Wildman–Crippen MR) is 122 cm³/mol. The smallest absolute Gasteiger partial charge is 0.255 e. The number of nitrogens with one attached hydrogen (secondary N) is 2. The molecule has 0 radical (unpaired) electrons. The van der Waals surface area contributed by atoms with E-state index in [2.05, 4.69) is 26.8 Å². The van der Waals surface area contributed by atoms with Gasteiger partial charge in [0.2, 0.25) is 0 Å². The number of aromatic nitrogens is 3. The Hall–Kier alpha value is -3.55. The highest BCUT2D eigenvalue weighted by Crippen LogP contribution is 2.46. The molecule has 5 rings (SSSR count). The molecule has 4 heterocycles. The lowest BCUT2D eigenvalue weighted by Gasteiger charge is -2.22. The van der Waals surface area contributed by atoms with Crippen LogP contribution in [0.3, 0.4) is 0 Å². The largest absolute Gasteiger partial charge is 0.387 e. The summed E-state index contributed by atoms with van der Waals surface area (Å²) in [6.45, 7) is 3.77. The number of aliphatic hydroxyl groups is 1. The van der Waals surface area contributed by atoms with E-state index in [0.717, 1.165) is 5.52 Å². The monoisotopic (exact) mass is 464 g/mol. The van der Waals surface area contributed by atoms with Crippen molar-refractivity contribution in [3.8, 4) is 17.5 Å². The molecule has 9 nitrogen and oxygen atoms in total. The first-order valence-electron chi connectivity index (χ1n) is 11.1. The van der Waals surface area contributed by atoms with E-state index in [9.17, 15) is 14.3 Å². The predicted octanol–water partition coefficient (Wildman–Crippen LogP) is 2.16. The molecular formula is C24H25FN6O3. The van der Waals surface area contributed by atoms with Crippen molar-refractivity contribution in [1.29, 1.82) is 5.26 Å². The maximum absolute atomic E-state index is 14.2. The number of rotatable bonds is 7. The molecule has 2 fully saturated rings. The molecule has 2 aliphatic rings. The molecule has 10 heteroatoms. The van der Waals surface area contributed by atoms with Crippen molar-refractivity contribution in [2.24, 2.45) is 11.8 Å². The fourth-order valence-corrected chi connectivity index (χ4v) is 4.31. The van der Waals surface area contributed by atoms with Crippen LogP contribution in [-0.4, -0.2) is 63.2 Å². The van der Waals surface area contributed by atoms with Gasteiger partial charge in [0.25, 0.3) is 5.91 Å². The van der Waals surface area contributed by atoms with E-state index >= 15 is 0 Å². The Labute approximate surface area is 195 Å². The van der Waals surface area contributed by atoms with Gasteiger partial charge in [0.05, 0.1) is 65.3 Å². The second-order valence-corrected chi connectivity index (χ2v) is 9.39. The number of carbonyl (C=O) groups is 1. The summed E-state index contributed by atoms with van der Waals surface area (Å²) in [7, 11) is 0. The average molecular weight is 465 g/mol. The van der Waals surface area contributed by atoms with Gasteiger partial charge >= 0.3 is 0 Å². The van der Waals surface area contributed by atoms with Crippen LogP contribution < -0.4 is 10.6 Å². The van der Waals surface area contributed by atoms with Gasteiger partial charge in [0.15, 0.2) is 0 Å². The number of nitrogens with zero attached hydrogens (tertiary/aromatic N) is 4. The third-order valence-corrected chi connectivity index (χ3v) is 6.52. The number of nitriles is 1. The molecule has 0 bridgehead atoms. The molecule has 34 heavy (non-hydrogen) atoms. The van der Waals surface area contributed by atoms with Gasteiger partial charge in [0.1, 0.15) is 12.2 Å². The Morgan fingerprint density at radius 1 is 1.35 bits per heavy atom. The molecule has 176 valence electrons. The summed E-state index contributed by atoms with van der Waals surface area (Å²) in [5, 5.41) is 29.3. The number of amides is 1. The second kappa shape index (κ2) is 8.34. The Kier molecular flexibility index (Phi) is 5.46. The van der Waals surface area contributed by atoms with E-state index in [-0.39, 0.29) is 18.2 Å². The highest BCUT2D eigenvalue weighted by molar-refractivity contribution is 6.00. The van der Waals surface area contributed by atoms with Crippen LogP contribution in [0.25, 0.3) is 16.9 Å². The number of hydrogen-bond acceptors (Lipinski definition) is 7. The highest BCUT2D eigenvalue weighted by atomic mass is 19.1. The van der Waals surface area contributed by atoms with E-state index < -0.39 is 17.7 Å². The first-order chi connectivity index (χ1) is 16.3. The molecule has 3 aromatic heterocycles. The molecule has 3 aromatic rings. The average Bonchev–Trinajstić information content (AvgIpc) is 3.17. The number of anilines is 1. The Morgan fingerprint density at radius 3 is 2.82 bits per heavy atom. The minimum atomic E-state index is -1.61. The normalized spacial score (nSPS) is 22.1. The van der Waals surface area contributed by atoms with Gasteiger partial charge < -0.3 is 20.5 Å². The zero-order chi connectivity index (χ0) is 24.0. The minimum absolute atomic E-state index is 0.196. The highest BCUT2D eigenvalue weighted by Gasteiger charge is 2.54. The van der Waals surface area contributed by atoms with Crippen LogP contribution in [0.4, 0.5) is 10.1 Å². The van der Waals surface area contributed by atoms with Crippen LogP contribution in [0.5, 0.6) is 0 Å². The molecule has 1 aliphatic heterocycles. The third kappa shape index (κ3) is 4.08. The summed E-state index contributed by atoms with van der Waals surface area (Å²) in [6.07, 6.45) is 1.33. The Morgan fingerprint density at radius 2 is 2.12 bits per heavy atom. The molecule has 4 atom stereocenters. The van der Waals surface area contributed by atoms with Gasteiger partial charge in [-0.25, -0.2) is 8.91 Å². The molecule has 1 unspecified atom stereocenters. The Bertz CT molecular complexity index is 1280. The van der Waals surface area contributed by atoms with Crippen molar-refractivity contribution in [3.63, 3.8) is 0 Å². The fourth-order valence-electron chi connectivity index (χ4n) is 4.31. The number of alkyl halides is 1. The number of halogens is 1. The standard InChI is InChI=1S/C24H25FN6O3/c1-24(2,33)21(25)10-28-23(32)15-9-27-19(6-18(15)30-22-16-11-34-12-17(16)22)20-4-3-14-5-13(7-26)8-29-31(14)20/h3-6,8-9,16-17,21-22,33H,10-12H2,1-2H3,(H,27,30)(H,28,32)/t16-,17+,21-,22?/m1/s1. The van der Waals surface area contributed by atoms with Gasteiger partial charge in [-0.1, -0.05) is 0 Å². The van der Waals surface area contributed by atoms with E-state index in [4.69, 9.17) is 10.00 Å². The molecule has 1 amide bonds. The van der Waals surface area contributed by atoms with Crippen molar-refractivity contribution in [3.05, 3.63) is 47.8 Å². The summed E-state index contributed by atoms with van der Waals surface area (Å²) in [4.78, 5) is 17.4. The number of carbonyl (C=O) groups excluding carboxylic acids is 1. The zero-order valence-corrected chi connectivity index (χ0v) is 18.8. The summed E-state index contributed by atoms with van der Waals surface area (Å²) in [5.74, 6) is 0.323.